The van der Waals surface area contributed by atoms with E-state index in [-0.39, 0.29) is 12.4 Å². The first-order valence-electron chi connectivity index (χ1n) is 5.90. The highest BCUT2D eigenvalue weighted by molar-refractivity contribution is 6.38. The van der Waals surface area contributed by atoms with Gasteiger partial charge in [-0.25, -0.2) is 4.79 Å². The number of aryl methyl sites for hydroxylation is 1. The summed E-state index contributed by atoms with van der Waals surface area (Å²) in [5.41, 5.74) is 1.47. The van der Waals surface area contributed by atoms with E-state index >= 15 is 0 Å². The van der Waals surface area contributed by atoms with Crippen molar-refractivity contribution in [2.45, 2.75) is 26.7 Å². The van der Waals surface area contributed by atoms with Gasteiger partial charge in [-0.3, -0.25) is 9.59 Å². The SMILES string of the molecule is CCOC(=O)C(=O)CC(=O)c1cccc(CC)c1. The van der Waals surface area contributed by atoms with Crippen molar-refractivity contribution in [2.24, 2.45) is 0 Å². The molecule has 0 heterocycles. The Morgan fingerprint density at radius 2 is 1.89 bits per heavy atom. The minimum Gasteiger partial charge on any atom is -0.460 e. The van der Waals surface area contributed by atoms with Crippen molar-refractivity contribution in [3.63, 3.8) is 0 Å². The Morgan fingerprint density at radius 3 is 2.50 bits per heavy atom. The predicted molar refractivity (Wildman–Crippen MR) is 66.4 cm³/mol. The van der Waals surface area contributed by atoms with E-state index in [2.05, 4.69) is 4.74 Å². The van der Waals surface area contributed by atoms with Crippen LogP contribution in [0, 0.1) is 0 Å². The molecule has 0 atom stereocenters. The molecule has 0 saturated heterocycles. The molecule has 1 aromatic carbocycles. The van der Waals surface area contributed by atoms with Crippen molar-refractivity contribution >= 4 is 17.5 Å². The van der Waals surface area contributed by atoms with Crippen molar-refractivity contribution in [1.29, 1.82) is 0 Å². The summed E-state index contributed by atoms with van der Waals surface area (Å²) in [4.78, 5) is 34.3. The van der Waals surface area contributed by atoms with Gasteiger partial charge < -0.3 is 4.74 Å². The lowest BCUT2D eigenvalue weighted by Gasteiger charge is -2.03. The topological polar surface area (TPSA) is 60.4 Å². The highest BCUT2D eigenvalue weighted by Gasteiger charge is 2.19. The van der Waals surface area contributed by atoms with Crippen molar-refractivity contribution in [1.82, 2.24) is 0 Å². The Kier molecular flexibility index (Phi) is 5.24. The van der Waals surface area contributed by atoms with Crippen LogP contribution in [0.5, 0.6) is 0 Å². The molecule has 0 amide bonds. The molecule has 4 nitrogen and oxygen atoms in total. The fourth-order valence-corrected chi connectivity index (χ4v) is 1.50. The maximum atomic E-state index is 11.8. The normalized spacial score (nSPS) is 9.89. The van der Waals surface area contributed by atoms with Crippen LogP contribution in [0.2, 0.25) is 0 Å². The van der Waals surface area contributed by atoms with Crippen molar-refractivity contribution in [2.75, 3.05) is 6.61 Å². The molecule has 0 spiro atoms. The number of rotatable bonds is 6. The first-order valence-corrected chi connectivity index (χ1v) is 5.90. The lowest BCUT2D eigenvalue weighted by Crippen LogP contribution is -2.20. The molecular weight excluding hydrogens is 232 g/mol. The highest BCUT2D eigenvalue weighted by Crippen LogP contribution is 2.09. The molecule has 0 N–H and O–H groups in total. The molecular formula is C14H16O4. The fraction of sp³-hybridized carbons (Fsp3) is 0.357. The van der Waals surface area contributed by atoms with Gasteiger partial charge in [0.05, 0.1) is 13.0 Å². The van der Waals surface area contributed by atoms with Gasteiger partial charge in [0.1, 0.15) is 0 Å². The summed E-state index contributed by atoms with van der Waals surface area (Å²) in [7, 11) is 0. The number of Topliss-reactive ketones (excluding diaryl/α,β-unsaturated/α-hetero) is 2. The number of esters is 1. The minimum atomic E-state index is -0.947. The van der Waals surface area contributed by atoms with Crippen molar-refractivity contribution in [3.8, 4) is 0 Å². The molecule has 96 valence electrons. The zero-order valence-electron chi connectivity index (χ0n) is 10.6. The molecule has 18 heavy (non-hydrogen) atoms. The average Bonchev–Trinajstić information content (AvgIpc) is 2.39. The van der Waals surface area contributed by atoms with E-state index < -0.39 is 18.2 Å². The lowest BCUT2D eigenvalue weighted by atomic mass is 10.0. The number of ketones is 2. The first kappa shape index (κ1) is 14.1. The molecule has 1 rings (SSSR count). The number of hydrogen-bond donors (Lipinski definition) is 0. The van der Waals surface area contributed by atoms with Crippen molar-refractivity contribution < 1.29 is 19.1 Å². The molecule has 0 bridgehead atoms. The van der Waals surface area contributed by atoms with Crippen LogP contribution in [0.1, 0.15) is 36.2 Å². The molecule has 0 radical (unpaired) electrons. The third kappa shape index (κ3) is 3.80. The zero-order chi connectivity index (χ0) is 13.5. The van der Waals surface area contributed by atoms with Gasteiger partial charge in [0.25, 0.3) is 0 Å². The van der Waals surface area contributed by atoms with Gasteiger partial charge >= 0.3 is 5.97 Å². The lowest BCUT2D eigenvalue weighted by molar-refractivity contribution is -0.153. The Balaban J connectivity index is 2.70. The van der Waals surface area contributed by atoms with Gasteiger partial charge in [0.15, 0.2) is 5.78 Å². The third-order valence-corrected chi connectivity index (χ3v) is 2.48. The Hall–Kier alpha value is -1.97. The average molecular weight is 248 g/mol. The zero-order valence-corrected chi connectivity index (χ0v) is 10.6. The van der Waals surface area contributed by atoms with Crippen LogP contribution in [-0.2, 0) is 20.7 Å². The van der Waals surface area contributed by atoms with Gasteiger partial charge in [-0.1, -0.05) is 25.1 Å². The van der Waals surface area contributed by atoms with Gasteiger partial charge in [0, 0.05) is 5.56 Å². The minimum absolute atomic E-state index is 0.129. The van der Waals surface area contributed by atoms with E-state index in [4.69, 9.17) is 0 Å². The Labute approximate surface area is 106 Å². The molecule has 0 aromatic heterocycles. The van der Waals surface area contributed by atoms with E-state index in [1.54, 1.807) is 25.1 Å². The number of ether oxygens (including phenoxy) is 1. The first-order chi connectivity index (χ1) is 8.58. The van der Waals surface area contributed by atoms with Gasteiger partial charge in [-0.15, -0.1) is 0 Å². The van der Waals surface area contributed by atoms with Gasteiger partial charge in [0.2, 0.25) is 5.78 Å². The van der Waals surface area contributed by atoms with E-state index in [1.807, 2.05) is 13.0 Å². The summed E-state index contributed by atoms with van der Waals surface area (Å²) in [5, 5.41) is 0. The number of carbonyl (C=O) groups excluding carboxylic acids is 3. The quantitative estimate of drug-likeness (QED) is 0.334. The van der Waals surface area contributed by atoms with Crippen LogP contribution >= 0.6 is 0 Å². The monoisotopic (exact) mass is 248 g/mol. The van der Waals surface area contributed by atoms with Crippen LogP contribution in [-0.4, -0.2) is 24.1 Å². The highest BCUT2D eigenvalue weighted by atomic mass is 16.5. The third-order valence-electron chi connectivity index (χ3n) is 2.48. The standard InChI is InChI=1S/C14H16O4/c1-3-10-6-5-7-11(8-10)12(15)9-13(16)14(17)18-4-2/h5-8H,3-4,9H2,1-2H3. The summed E-state index contributed by atoms with van der Waals surface area (Å²) in [6.45, 7) is 3.72. The molecule has 0 saturated carbocycles. The molecule has 4 heteroatoms. The summed E-state index contributed by atoms with van der Waals surface area (Å²) in [6.07, 6.45) is 0.374. The summed E-state index contributed by atoms with van der Waals surface area (Å²) in [6, 6.07) is 7.05. The molecule has 0 aliphatic heterocycles. The Morgan fingerprint density at radius 1 is 1.17 bits per heavy atom. The molecule has 0 aliphatic rings. The maximum Gasteiger partial charge on any atom is 0.375 e. The second-order valence-electron chi connectivity index (χ2n) is 3.80. The van der Waals surface area contributed by atoms with E-state index in [1.165, 1.54) is 0 Å². The Bertz CT molecular complexity index is 463. The molecule has 0 aliphatic carbocycles. The smallest absolute Gasteiger partial charge is 0.375 e. The second kappa shape index (κ2) is 6.69. The number of carbonyl (C=O) groups is 3. The number of benzene rings is 1. The van der Waals surface area contributed by atoms with Crippen LogP contribution in [0.4, 0.5) is 0 Å². The van der Waals surface area contributed by atoms with Crippen LogP contribution in [0.15, 0.2) is 24.3 Å². The van der Waals surface area contributed by atoms with Crippen LogP contribution in [0.3, 0.4) is 0 Å². The second-order valence-corrected chi connectivity index (χ2v) is 3.80. The fourth-order valence-electron chi connectivity index (χ4n) is 1.50. The van der Waals surface area contributed by atoms with E-state index in [9.17, 15) is 14.4 Å². The van der Waals surface area contributed by atoms with E-state index in [0.29, 0.717) is 5.56 Å². The summed E-state index contributed by atoms with van der Waals surface area (Å²) >= 11 is 0. The largest absolute Gasteiger partial charge is 0.460 e. The van der Waals surface area contributed by atoms with Crippen molar-refractivity contribution in [3.05, 3.63) is 35.4 Å². The van der Waals surface area contributed by atoms with Gasteiger partial charge in [-0.2, -0.15) is 0 Å². The summed E-state index contributed by atoms with van der Waals surface area (Å²) < 4.78 is 4.54. The maximum absolute atomic E-state index is 11.8. The molecule has 1 aromatic rings. The van der Waals surface area contributed by atoms with Crippen LogP contribution < -0.4 is 0 Å². The molecule has 0 unspecified atom stereocenters. The predicted octanol–water partition coefficient (Wildman–Crippen LogP) is 1.95. The van der Waals surface area contributed by atoms with E-state index in [0.717, 1.165) is 12.0 Å². The van der Waals surface area contributed by atoms with Crippen LogP contribution in [0.25, 0.3) is 0 Å². The number of hydrogen-bond acceptors (Lipinski definition) is 4. The van der Waals surface area contributed by atoms with Gasteiger partial charge in [-0.05, 0) is 25.0 Å². The molecule has 0 fully saturated rings. The summed E-state index contributed by atoms with van der Waals surface area (Å²) in [5.74, 6) is -2.11.